The van der Waals surface area contributed by atoms with Crippen LogP contribution in [0.5, 0.6) is 0 Å². The first kappa shape index (κ1) is 16.8. The van der Waals surface area contributed by atoms with Gasteiger partial charge in [0.2, 0.25) is 0 Å². The molecule has 1 aromatic carbocycles. The van der Waals surface area contributed by atoms with E-state index in [0.717, 1.165) is 44.2 Å². The number of benzene rings is 1. The molecule has 3 aromatic rings. The Bertz CT molecular complexity index is 864. The van der Waals surface area contributed by atoms with Gasteiger partial charge in [-0.25, -0.2) is 4.68 Å². The van der Waals surface area contributed by atoms with Gasteiger partial charge in [0, 0.05) is 49.4 Å². The van der Waals surface area contributed by atoms with Gasteiger partial charge in [-0.2, -0.15) is 10.2 Å². The zero-order valence-corrected chi connectivity index (χ0v) is 15.4. The van der Waals surface area contributed by atoms with Crippen molar-refractivity contribution in [3.05, 3.63) is 65.1 Å². The molecule has 6 nitrogen and oxygen atoms in total. The Morgan fingerprint density at radius 1 is 1.19 bits per heavy atom. The molecule has 6 heteroatoms. The molecule has 0 bridgehead atoms. The fourth-order valence-corrected chi connectivity index (χ4v) is 3.62. The number of aromatic nitrogens is 4. The largest absolute Gasteiger partial charge is 0.370 e. The molecule has 0 fully saturated rings. The van der Waals surface area contributed by atoms with E-state index in [4.69, 9.17) is 5.10 Å². The van der Waals surface area contributed by atoms with Gasteiger partial charge in [0.1, 0.15) is 5.82 Å². The predicted molar refractivity (Wildman–Crippen MR) is 103 cm³/mol. The first-order valence-electron chi connectivity index (χ1n) is 9.24. The Morgan fingerprint density at radius 2 is 2.04 bits per heavy atom. The van der Waals surface area contributed by atoms with Crippen molar-refractivity contribution in [2.45, 2.75) is 33.5 Å². The lowest BCUT2D eigenvalue weighted by Crippen LogP contribution is -2.35. The third-order valence-corrected chi connectivity index (χ3v) is 5.16. The fraction of sp³-hybridized carbons (Fsp3) is 0.400. The molecular weight excluding hydrogens is 324 g/mol. The highest BCUT2D eigenvalue weighted by Gasteiger charge is 2.18. The monoisotopic (exact) mass is 350 g/mol. The van der Waals surface area contributed by atoms with E-state index in [9.17, 15) is 0 Å². The minimum absolute atomic E-state index is 0.544. The Labute approximate surface area is 154 Å². The van der Waals surface area contributed by atoms with E-state index in [2.05, 4.69) is 58.5 Å². The maximum absolute atomic E-state index is 4.74. The molecule has 0 saturated carbocycles. The molecule has 1 unspecified atom stereocenters. The number of hydrogen-bond donors (Lipinski definition) is 2. The molecule has 4 rings (SSSR count). The molecular formula is C20H26N6. The number of anilines is 1. The van der Waals surface area contributed by atoms with Gasteiger partial charge in [-0.05, 0) is 19.4 Å². The molecule has 3 heterocycles. The van der Waals surface area contributed by atoms with E-state index in [1.165, 1.54) is 16.8 Å². The second kappa shape index (κ2) is 7.33. The van der Waals surface area contributed by atoms with Crippen molar-refractivity contribution in [1.29, 1.82) is 0 Å². The number of hydrogen-bond acceptors (Lipinski definition) is 4. The van der Waals surface area contributed by atoms with E-state index in [-0.39, 0.29) is 0 Å². The molecule has 26 heavy (non-hydrogen) atoms. The second-order valence-corrected chi connectivity index (χ2v) is 7.07. The molecule has 2 N–H and O–H groups in total. The van der Waals surface area contributed by atoms with E-state index in [0.29, 0.717) is 5.92 Å². The maximum Gasteiger partial charge on any atom is 0.124 e. The summed E-state index contributed by atoms with van der Waals surface area (Å²) in [4.78, 5) is 0. The standard InChI is InChI=1S/C20H26N6/c1-15-19(16(2)25(24-15)13-17-6-4-3-5-7-17)12-21-10-18-11-22-20-8-9-23-26(20)14-18/h3-9,18,21-22H,10-14H2,1-2H3. The normalized spacial score (nSPS) is 16.3. The number of aryl methyl sites for hydroxylation is 1. The van der Waals surface area contributed by atoms with Crippen LogP contribution in [0, 0.1) is 19.8 Å². The molecule has 1 atom stereocenters. The van der Waals surface area contributed by atoms with E-state index in [1.807, 2.05) is 23.0 Å². The van der Waals surface area contributed by atoms with Crippen LogP contribution in [-0.2, 0) is 19.6 Å². The van der Waals surface area contributed by atoms with Crippen LogP contribution < -0.4 is 10.6 Å². The van der Waals surface area contributed by atoms with Crippen LogP contribution in [0.2, 0.25) is 0 Å². The van der Waals surface area contributed by atoms with Crippen LogP contribution in [0.15, 0.2) is 42.6 Å². The highest BCUT2D eigenvalue weighted by molar-refractivity contribution is 5.35. The van der Waals surface area contributed by atoms with Crippen LogP contribution in [0.4, 0.5) is 5.82 Å². The smallest absolute Gasteiger partial charge is 0.124 e. The van der Waals surface area contributed by atoms with Gasteiger partial charge in [-0.3, -0.25) is 4.68 Å². The maximum atomic E-state index is 4.74. The minimum atomic E-state index is 0.544. The topological polar surface area (TPSA) is 59.7 Å². The van der Waals surface area contributed by atoms with Gasteiger partial charge in [-0.1, -0.05) is 30.3 Å². The molecule has 0 amide bonds. The summed E-state index contributed by atoms with van der Waals surface area (Å²) in [6.45, 7) is 8.87. The lowest BCUT2D eigenvalue weighted by atomic mass is 10.1. The average Bonchev–Trinajstić information content (AvgIpc) is 3.22. The highest BCUT2D eigenvalue weighted by Crippen LogP contribution is 2.17. The lowest BCUT2D eigenvalue weighted by molar-refractivity contribution is 0.391. The Balaban J connectivity index is 1.35. The summed E-state index contributed by atoms with van der Waals surface area (Å²) in [5, 5.41) is 16.2. The second-order valence-electron chi connectivity index (χ2n) is 7.07. The molecule has 1 aliphatic heterocycles. The van der Waals surface area contributed by atoms with Gasteiger partial charge in [-0.15, -0.1) is 0 Å². The van der Waals surface area contributed by atoms with Gasteiger partial charge >= 0.3 is 0 Å². The quantitative estimate of drug-likeness (QED) is 0.717. The summed E-state index contributed by atoms with van der Waals surface area (Å²) in [7, 11) is 0. The summed E-state index contributed by atoms with van der Waals surface area (Å²) in [6.07, 6.45) is 1.85. The molecule has 136 valence electrons. The van der Waals surface area contributed by atoms with Crippen molar-refractivity contribution in [3.63, 3.8) is 0 Å². The summed E-state index contributed by atoms with van der Waals surface area (Å²) in [5.74, 6) is 1.66. The predicted octanol–water partition coefficient (Wildman–Crippen LogP) is 2.58. The van der Waals surface area contributed by atoms with E-state index >= 15 is 0 Å². The van der Waals surface area contributed by atoms with Gasteiger partial charge in [0.05, 0.1) is 18.4 Å². The van der Waals surface area contributed by atoms with Crippen LogP contribution in [0.1, 0.15) is 22.5 Å². The van der Waals surface area contributed by atoms with Crippen molar-refractivity contribution >= 4 is 5.82 Å². The average molecular weight is 350 g/mol. The van der Waals surface area contributed by atoms with Crippen LogP contribution in [-0.4, -0.2) is 32.7 Å². The number of fused-ring (bicyclic) bond motifs is 1. The molecule has 0 aliphatic carbocycles. The summed E-state index contributed by atoms with van der Waals surface area (Å²) < 4.78 is 4.16. The van der Waals surface area contributed by atoms with Gasteiger partial charge in [0.25, 0.3) is 0 Å². The third kappa shape index (κ3) is 3.51. The lowest BCUT2D eigenvalue weighted by Gasteiger charge is -2.25. The minimum Gasteiger partial charge on any atom is -0.370 e. The van der Waals surface area contributed by atoms with Crippen molar-refractivity contribution in [2.75, 3.05) is 18.4 Å². The Kier molecular flexibility index (Phi) is 4.75. The summed E-state index contributed by atoms with van der Waals surface area (Å²) in [5.41, 5.74) is 4.95. The van der Waals surface area contributed by atoms with Gasteiger partial charge in [0.15, 0.2) is 0 Å². The first-order chi connectivity index (χ1) is 12.7. The van der Waals surface area contributed by atoms with Crippen molar-refractivity contribution < 1.29 is 0 Å². The fourth-order valence-electron chi connectivity index (χ4n) is 3.62. The number of nitrogens with zero attached hydrogens (tertiary/aromatic N) is 4. The zero-order chi connectivity index (χ0) is 17.9. The summed E-state index contributed by atoms with van der Waals surface area (Å²) >= 11 is 0. The van der Waals surface area contributed by atoms with E-state index in [1.54, 1.807) is 0 Å². The molecule has 1 aliphatic rings. The molecule has 0 radical (unpaired) electrons. The van der Waals surface area contributed by atoms with Gasteiger partial charge < -0.3 is 10.6 Å². The molecule has 0 saturated heterocycles. The first-order valence-corrected chi connectivity index (χ1v) is 9.24. The zero-order valence-electron chi connectivity index (χ0n) is 15.4. The van der Waals surface area contributed by atoms with Crippen LogP contribution in [0.3, 0.4) is 0 Å². The SMILES string of the molecule is Cc1nn(Cc2ccccc2)c(C)c1CNCC1CNc2ccnn2C1. The van der Waals surface area contributed by atoms with Crippen molar-refractivity contribution in [2.24, 2.45) is 5.92 Å². The van der Waals surface area contributed by atoms with Crippen LogP contribution >= 0.6 is 0 Å². The number of nitrogens with one attached hydrogen (secondary N) is 2. The van der Waals surface area contributed by atoms with Crippen molar-refractivity contribution in [1.82, 2.24) is 24.9 Å². The Hall–Kier alpha value is -2.60. The summed E-state index contributed by atoms with van der Waals surface area (Å²) in [6, 6.07) is 12.5. The Morgan fingerprint density at radius 3 is 2.88 bits per heavy atom. The third-order valence-electron chi connectivity index (χ3n) is 5.16. The van der Waals surface area contributed by atoms with Crippen molar-refractivity contribution in [3.8, 4) is 0 Å². The number of rotatable bonds is 6. The molecule has 0 spiro atoms. The van der Waals surface area contributed by atoms with E-state index < -0.39 is 0 Å². The molecule has 2 aromatic heterocycles. The highest BCUT2D eigenvalue weighted by atomic mass is 15.3. The van der Waals surface area contributed by atoms with Crippen LogP contribution in [0.25, 0.3) is 0 Å².